The number of rotatable bonds is 3. The summed E-state index contributed by atoms with van der Waals surface area (Å²) >= 11 is 0. The molecule has 0 unspecified atom stereocenters. The summed E-state index contributed by atoms with van der Waals surface area (Å²) in [5, 5.41) is 3.81. The van der Waals surface area contributed by atoms with Crippen molar-refractivity contribution < 1.29 is 9.57 Å². The van der Waals surface area contributed by atoms with Gasteiger partial charge in [0.15, 0.2) is 0 Å². The van der Waals surface area contributed by atoms with Gasteiger partial charge in [0.25, 0.3) is 0 Å². The molecule has 0 aromatic heterocycles. The first-order valence-electron chi connectivity index (χ1n) is 4.37. The summed E-state index contributed by atoms with van der Waals surface area (Å²) in [6.45, 7) is 4.03. The topological polar surface area (TPSA) is 56.8 Å². The first-order valence-corrected chi connectivity index (χ1v) is 4.37. The normalized spacial score (nSPS) is 20.9. The van der Waals surface area contributed by atoms with Gasteiger partial charge in [0.1, 0.15) is 12.4 Å². The first kappa shape index (κ1) is 9.32. The number of nitrogens with zero attached hydrogens (tertiary/aromatic N) is 1. The van der Waals surface area contributed by atoms with Gasteiger partial charge < -0.3 is 15.3 Å². The molecular weight excluding hydrogens is 156 g/mol. The van der Waals surface area contributed by atoms with Gasteiger partial charge in [-0.05, 0) is 19.8 Å². The van der Waals surface area contributed by atoms with E-state index in [2.05, 4.69) is 5.16 Å². The van der Waals surface area contributed by atoms with Crippen molar-refractivity contribution in [1.82, 2.24) is 0 Å². The van der Waals surface area contributed by atoms with Gasteiger partial charge in [-0.2, -0.15) is 0 Å². The standard InChI is InChI=1S/C8H16N2O2/c1-2-12-10-8(9)7-3-5-11-6-4-7/h7H,2-6H2,1H3,(H2,9,10). The van der Waals surface area contributed by atoms with Gasteiger partial charge in [0.05, 0.1) is 0 Å². The molecule has 1 saturated heterocycles. The lowest BCUT2D eigenvalue weighted by Crippen LogP contribution is -2.29. The molecule has 1 rings (SSSR count). The van der Waals surface area contributed by atoms with Crippen molar-refractivity contribution >= 4 is 5.84 Å². The van der Waals surface area contributed by atoms with Crippen LogP contribution in [0.1, 0.15) is 19.8 Å². The van der Waals surface area contributed by atoms with Crippen LogP contribution in [0.3, 0.4) is 0 Å². The third-order valence-corrected chi connectivity index (χ3v) is 1.94. The van der Waals surface area contributed by atoms with E-state index >= 15 is 0 Å². The Morgan fingerprint density at radius 1 is 1.58 bits per heavy atom. The molecule has 0 aromatic carbocycles. The second-order valence-electron chi connectivity index (χ2n) is 2.82. The van der Waals surface area contributed by atoms with E-state index in [9.17, 15) is 0 Å². The summed E-state index contributed by atoms with van der Waals surface area (Å²) in [5.41, 5.74) is 5.70. The van der Waals surface area contributed by atoms with Crippen LogP contribution >= 0.6 is 0 Å². The van der Waals surface area contributed by atoms with Gasteiger partial charge in [-0.15, -0.1) is 0 Å². The zero-order chi connectivity index (χ0) is 8.81. The molecule has 4 heteroatoms. The van der Waals surface area contributed by atoms with E-state index in [0.29, 0.717) is 18.4 Å². The summed E-state index contributed by atoms with van der Waals surface area (Å²) in [5.74, 6) is 0.963. The quantitative estimate of drug-likeness (QED) is 0.388. The van der Waals surface area contributed by atoms with E-state index in [1.165, 1.54) is 0 Å². The summed E-state index contributed by atoms with van der Waals surface area (Å²) < 4.78 is 5.20. The average Bonchev–Trinajstić information content (AvgIpc) is 2.15. The molecule has 1 heterocycles. The maximum absolute atomic E-state index is 5.70. The van der Waals surface area contributed by atoms with Crippen molar-refractivity contribution in [1.29, 1.82) is 0 Å². The first-order chi connectivity index (χ1) is 5.84. The lowest BCUT2D eigenvalue weighted by Gasteiger charge is -2.20. The largest absolute Gasteiger partial charge is 0.395 e. The monoisotopic (exact) mass is 172 g/mol. The zero-order valence-electron chi connectivity index (χ0n) is 7.45. The van der Waals surface area contributed by atoms with E-state index in [0.717, 1.165) is 26.1 Å². The Kier molecular flexibility index (Phi) is 3.87. The Labute approximate surface area is 72.7 Å². The number of hydrogen-bond acceptors (Lipinski definition) is 3. The maximum Gasteiger partial charge on any atom is 0.142 e. The highest BCUT2D eigenvalue weighted by Crippen LogP contribution is 2.14. The number of oxime groups is 1. The lowest BCUT2D eigenvalue weighted by molar-refractivity contribution is 0.0802. The van der Waals surface area contributed by atoms with Crippen LogP contribution in [-0.4, -0.2) is 25.7 Å². The lowest BCUT2D eigenvalue weighted by atomic mass is 10.00. The third kappa shape index (κ3) is 2.70. The minimum Gasteiger partial charge on any atom is -0.395 e. The van der Waals surface area contributed by atoms with E-state index in [4.69, 9.17) is 15.3 Å². The predicted octanol–water partition coefficient (Wildman–Crippen LogP) is 0.722. The fourth-order valence-corrected chi connectivity index (χ4v) is 1.21. The van der Waals surface area contributed by atoms with Gasteiger partial charge in [-0.1, -0.05) is 5.16 Å². The van der Waals surface area contributed by atoms with Crippen molar-refractivity contribution in [3.05, 3.63) is 0 Å². The fraction of sp³-hybridized carbons (Fsp3) is 0.875. The summed E-state index contributed by atoms with van der Waals surface area (Å²) in [7, 11) is 0. The van der Waals surface area contributed by atoms with Gasteiger partial charge in [0.2, 0.25) is 0 Å². The van der Waals surface area contributed by atoms with Gasteiger partial charge >= 0.3 is 0 Å². The second-order valence-corrected chi connectivity index (χ2v) is 2.82. The van der Waals surface area contributed by atoms with Gasteiger partial charge in [-0.3, -0.25) is 0 Å². The molecule has 0 aliphatic carbocycles. The minimum atomic E-state index is 0.352. The molecule has 1 fully saturated rings. The molecule has 0 aromatic rings. The Balaban J connectivity index is 2.33. The Hall–Kier alpha value is -0.770. The Morgan fingerprint density at radius 2 is 2.25 bits per heavy atom. The van der Waals surface area contributed by atoms with Crippen molar-refractivity contribution in [3.8, 4) is 0 Å². The molecular formula is C8H16N2O2. The second kappa shape index (κ2) is 4.98. The Bertz CT molecular complexity index is 153. The molecule has 0 atom stereocenters. The highest BCUT2D eigenvalue weighted by molar-refractivity contribution is 5.82. The molecule has 12 heavy (non-hydrogen) atoms. The Morgan fingerprint density at radius 3 is 2.83 bits per heavy atom. The minimum absolute atomic E-state index is 0.352. The SMILES string of the molecule is CCO/N=C(\N)C1CCOCC1. The van der Waals surface area contributed by atoms with Crippen LogP contribution in [0.25, 0.3) is 0 Å². The summed E-state index contributed by atoms with van der Waals surface area (Å²) in [6, 6.07) is 0. The molecule has 1 aliphatic heterocycles. The van der Waals surface area contributed by atoms with Gasteiger partial charge in [-0.25, -0.2) is 0 Å². The van der Waals surface area contributed by atoms with Crippen LogP contribution in [0.4, 0.5) is 0 Å². The van der Waals surface area contributed by atoms with E-state index in [-0.39, 0.29) is 0 Å². The highest BCUT2D eigenvalue weighted by atomic mass is 16.6. The van der Waals surface area contributed by atoms with Crippen LogP contribution in [0.15, 0.2) is 5.16 Å². The number of nitrogens with two attached hydrogens (primary N) is 1. The molecule has 1 aliphatic rings. The third-order valence-electron chi connectivity index (χ3n) is 1.94. The zero-order valence-corrected chi connectivity index (χ0v) is 7.45. The van der Waals surface area contributed by atoms with Crippen LogP contribution in [0.2, 0.25) is 0 Å². The molecule has 0 bridgehead atoms. The van der Waals surface area contributed by atoms with E-state index in [1.54, 1.807) is 0 Å². The molecule has 0 amide bonds. The van der Waals surface area contributed by atoms with Crippen LogP contribution in [0, 0.1) is 5.92 Å². The molecule has 0 saturated carbocycles. The molecule has 0 radical (unpaired) electrons. The molecule has 70 valence electrons. The summed E-state index contributed by atoms with van der Waals surface area (Å²) in [6.07, 6.45) is 1.92. The average molecular weight is 172 g/mol. The summed E-state index contributed by atoms with van der Waals surface area (Å²) in [4.78, 5) is 4.87. The van der Waals surface area contributed by atoms with Crippen molar-refractivity contribution in [3.63, 3.8) is 0 Å². The van der Waals surface area contributed by atoms with Crippen LogP contribution < -0.4 is 5.73 Å². The molecule has 0 spiro atoms. The number of amidine groups is 1. The smallest absolute Gasteiger partial charge is 0.142 e. The van der Waals surface area contributed by atoms with Gasteiger partial charge in [0, 0.05) is 19.1 Å². The van der Waals surface area contributed by atoms with Crippen LogP contribution in [-0.2, 0) is 9.57 Å². The van der Waals surface area contributed by atoms with E-state index < -0.39 is 0 Å². The number of hydrogen-bond donors (Lipinski definition) is 1. The molecule has 2 N–H and O–H groups in total. The predicted molar refractivity (Wildman–Crippen MR) is 46.8 cm³/mol. The highest BCUT2D eigenvalue weighted by Gasteiger charge is 2.17. The van der Waals surface area contributed by atoms with Crippen LogP contribution in [0.5, 0.6) is 0 Å². The van der Waals surface area contributed by atoms with Crippen molar-refractivity contribution in [2.45, 2.75) is 19.8 Å². The van der Waals surface area contributed by atoms with Crippen molar-refractivity contribution in [2.24, 2.45) is 16.8 Å². The van der Waals surface area contributed by atoms with E-state index in [1.807, 2.05) is 6.92 Å². The van der Waals surface area contributed by atoms with Crippen molar-refractivity contribution in [2.75, 3.05) is 19.8 Å². The number of ether oxygens (including phenoxy) is 1. The fourth-order valence-electron chi connectivity index (χ4n) is 1.21. The molecule has 4 nitrogen and oxygen atoms in total. The maximum atomic E-state index is 5.70.